The molecule has 0 aliphatic carbocycles. The third kappa shape index (κ3) is 4.45. The number of aromatic nitrogens is 1. The second-order valence-corrected chi connectivity index (χ2v) is 5.77. The Morgan fingerprint density at radius 2 is 1.54 bits per heavy atom. The molecule has 0 aliphatic heterocycles. The van der Waals surface area contributed by atoms with Crippen molar-refractivity contribution in [3.63, 3.8) is 0 Å². The van der Waals surface area contributed by atoms with Gasteiger partial charge in [0.25, 0.3) is 11.8 Å². The van der Waals surface area contributed by atoms with Crippen molar-refractivity contribution >= 4 is 23.3 Å². The number of benzene rings is 2. The van der Waals surface area contributed by atoms with E-state index in [-0.39, 0.29) is 11.8 Å². The van der Waals surface area contributed by atoms with Crippen molar-refractivity contribution < 1.29 is 19.1 Å². The highest BCUT2D eigenvalue weighted by atomic mass is 16.5. The second-order valence-electron chi connectivity index (χ2n) is 5.77. The maximum absolute atomic E-state index is 12.5. The van der Waals surface area contributed by atoms with Gasteiger partial charge in [-0.05, 0) is 48.5 Å². The lowest BCUT2D eigenvalue weighted by atomic mass is 10.1. The zero-order valence-electron chi connectivity index (χ0n) is 15.4. The van der Waals surface area contributed by atoms with E-state index in [0.29, 0.717) is 34.1 Å². The van der Waals surface area contributed by atoms with Crippen molar-refractivity contribution in [1.29, 1.82) is 0 Å². The first kappa shape index (κ1) is 18.9. The molecule has 0 aliphatic rings. The van der Waals surface area contributed by atoms with Crippen molar-refractivity contribution in [2.24, 2.45) is 0 Å². The maximum Gasteiger partial charge on any atom is 0.256 e. The standard InChI is InChI=1S/C21H19N3O4/c1-27-17-10-9-15(13-18(17)28-2)20(25)23-16-7-5-6-14(12-16)21(26)24-19-8-3-4-11-22-19/h3-13H,1-2H3,(H,23,25)(H,22,24,26). The van der Waals surface area contributed by atoms with Gasteiger partial charge in [-0.2, -0.15) is 0 Å². The number of pyridine rings is 1. The lowest BCUT2D eigenvalue weighted by Gasteiger charge is -2.11. The molecule has 2 N–H and O–H groups in total. The Labute approximate surface area is 162 Å². The molecule has 0 radical (unpaired) electrons. The van der Waals surface area contributed by atoms with E-state index in [1.54, 1.807) is 66.9 Å². The van der Waals surface area contributed by atoms with Gasteiger partial charge in [-0.1, -0.05) is 12.1 Å². The van der Waals surface area contributed by atoms with Crippen LogP contribution in [-0.2, 0) is 0 Å². The molecule has 0 saturated heterocycles. The number of carbonyl (C=O) groups excluding carboxylic acids is 2. The first-order chi connectivity index (χ1) is 13.6. The fourth-order valence-electron chi connectivity index (χ4n) is 2.54. The minimum atomic E-state index is -0.330. The van der Waals surface area contributed by atoms with Crippen LogP contribution < -0.4 is 20.1 Å². The van der Waals surface area contributed by atoms with Gasteiger partial charge in [0.2, 0.25) is 0 Å². The molecular weight excluding hydrogens is 358 g/mol. The summed E-state index contributed by atoms with van der Waals surface area (Å²) in [7, 11) is 3.03. The van der Waals surface area contributed by atoms with E-state index in [4.69, 9.17) is 9.47 Å². The molecular formula is C21H19N3O4. The Bertz CT molecular complexity index is 990. The molecule has 2 amide bonds. The average molecular weight is 377 g/mol. The molecule has 0 atom stereocenters. The van der Waals surface area contributed by atoms with Gasteiger partial charge in [-0.3, -0.25) is 9.59 Å². The number of hydrogen-bond donors (Lipinski definition) is 2. The van der Waals surface area contributed by atoms with E-state index in [9.17, 15) is 9.59 Å². The Hall–Kier alpha value is -3.87. The molecule has 142 valence electrons. The van der Waals surface area contributed by atoms with Crippen LogP contribution in [0.1, 0.15) is 20.7 Å². The zero-order chi connectivity index (χ0) is 19.9. The predicted octanol–water partition coefficient (Wildman–Crippen LogP) is 3.60. The Balaban J connectivity index is 1.73. The summed E-state index contributed by atoms with van der Waals surface area (Å²) >= 11 is 0. The molecule has 1 heterocycles. The van der Waals surface area contributed by atoms with Crippen LogP contribution in [0.3, 0.4) is 0 Å². The van der Waals surface area contributed by atoms with Crippen molar-refractivity contribution in [2.45, 2.75) is 0 Å². The SMILES string of the molecule is COc1ccc(C(=O)Nc2cccc(C(=O)Nc3ccccn3)c2)cc1OC. The van der Waals surface area contributed by atoms with Crippen LogP contribution in [0.2, 0.25) is 0 Å². The number of rotatable bonds is 6. The fraction of sp³-hybridized carbons (Fsp3) is 0.0952. The summed E-state index contributed by atoms with van der Waals surface area (Å²) in [6.07, 6.45) is 1.59. The highest BCUT2D eigenvalue weighted by Crippen LogP contribution is 2.28. The first-order valence-corrected chi connectivity index (χ1v) is 8.46. The lowest BCUT2D eigenvalue weighted by molar-refractivity contribution is 0.101. The van der Waals surface area contributed by atoms with Crippen LogP contribution in [0.5, 0.6) is 11.5 Å². The van der Waals surface area contributed by atoms with Crippen molar-refractivity contribution in [3.05, 3.63) is 78.0 Å². The van der Waals surface area contributed by atoms with Crippen molar-refractivity contribution in [1.82, 2.24) is 4.98 Å². The topological polar surface area (TPSA) is 89.5 Å². The van der Waals surface area contributed by atoms with Crippen LogP contribution in [0.4, 0.5) is 11.5 Å². The molecule has 0 fully saturated rings. The van der Waals surface area contributed by atoms with E-state index < -0.39 is 0 Å². The van der Waals surface area contributed by atoms with E-state index in [1.807, 2.05) is 0 Å². The molecule has 3 aromatic rings. The van der Waals surface area contributed by atoms with E-state index in [2.05, 4.69) is 15.6 Å². The molecule has 7 nitrogen and oxygen atoms in total. The van der Waals surface area contributed by atoms with Crippen LogP contribution in [0.25, 0.3) is 0 Å². The number of amides is 2. The van der Waals surface area contributed by atoms with Crippen LogP contribution in [-0.4, -0.2) is 31.0 Å². The zero-order valence-corrected chi connectivity index (χ0v) is 15.4. The summed E-state index contributed by atoms with van der Waals surface area (Å²) < 4.78 is 10.4. The third-order valence-corrected chi connectivity index (χ3v) is 3.93. The van der Waals surface area contributed by atoms with E-state index >= 15 is 0 Å². The molecule has 0 spiro atoms. The number of carbonyl (C=O) groups is 2. The summed E-state index contributed by atoms with van der Waals surface area (Å²) in [6.45, 7) is 0. The minimum absolute atomic E-state index is 0.319. The number of methoxy groups -OCH3 is 2. The van der Waals surface area contributed by atoms with E-state index in [1.165, 1.54) is 14.2 Å². The Morgan fingerprint density at radius 3 is 2.25 bits per heavy atom. The van der Waals surface area contributed by atoms with Crippen LogP contribution >= 0.6 is 0 Å². The number of nitrogens with one attached hydrogen (secondary N) is 2. The maximum atomic E-state index is 12.5. The van der Waals surface area contributed by atoms with Gasteiger partial charge in [0.05, 0.1) is 14.2 Å². The molecule has 3 rings (SSSR count). The van der Waals surface area contributed by atoms with Crippen LogP contribution in [0.15, 0.2) is 66.9 Å². The van der Waals surface area contributed by atoms with Crippen molar-refractivity contribution in [2.75, 3.05) is 24.9 Å². The first-order valence-electron chi connectivity index (χ1n) is 8.46. The van der Waals surface area contributed by atoms with Gasteiger partial charge in [0.1, 0.15) is 5.82 Å². The molecule has 7 heteroatoms. The fourth-order valence-corrected chi connectivity index (χ4v) is 2.54. The summed E-state index contributed by atoms with van der Waals surface area (Å²) in [5.41, 5.74) is 1.30. The smallest absolute Gasteiger partial charge is 0.256 e. The molecule has 0 bridgehead atoms. The number of hydrogen-bond acceptors (Lipinski definition) is 5. The molecule has 28 heavy (non-hydrogen) atoms. The normalized spacial score (nSPS) is 10.1. The monoisotopic (exact) mass is 377 g/mol. The highest BCUT2D eigenvalue weighted by Gasteiger charge is 2.12. The van der Waals surface area contributed by atoms with Gasteiger partial charge in [-0.15, -0.1) is 0 Å². The number of ether oxygens (including phenoxy) is 2. The average Bonchev–Trinajstić information content (AvgIpc) is 2.74. The summed E-state index contributed by atoms with van der Waals surface area (Å²) in [5, 5.41) is 5.48. The Morgan fingerprint density at radius 1 is 0.786 bits per heavy atom. The van der Waals surface area contributed by atoms with Gasteiger partial charge in [0.15, 0.2) is 11.5 Å². The minimum Gasteiger partial charge on any atom is -0.493 e. The van der Waals surface area contributed by atoms with Crippen LogP contribution in [0, 0.1) is 0 Å². The third-order valence-electron chi connectivity index (χ3n) is 3.93. The molecule has 1 aromatic heterocycles. The Kier molecular flexibility index (Phi) is 5.86. The van der Waals surface area contributed by atoms with Gasteiger partial charge in [0, 0.05) is 23.0 Å². The lowest BCUT2D eigenvalue weighted by Crippen LogP contribution is -2.15. The second kappa shape index (κ2) is 8.68. The van der Waals surface area contributed by atoms with Gasteiger partial charge in [-0.25, -0.2) is 4.98 Å². The van der Waals surface area contributed by atoms with E-state index in [0.717, 1.165) is 0 Å². The summed E-state index contributed by atoms with van der Waals surface area (Å²) in [5.74, 6) is 0.794. The summed E-state index contributed by atoms with van der Waals surface area (Å²) in [6, 6.07) is 16.8. The largest absolute Gasteiger partial charge is 0.493 e. The van der Waals surface area contributed by atoms with Gasteiger partial charge >= 0.3 is 0 Å². The predicted molar refractivity (Wildman–Crippen MR) is 106 cm³/mol. The quantitative estimate of drug-likeness (QED) is 0.685. The van der Waals surface area contributed by atoms with Gasteiger partial charge < -0.3 is 20.1 Å². The summed E-state index contributed by atoms with van der Waals surface area (Å²) in [4.78, 5) is 29.0. The number of anilines is 2. The number of nitrogens with zero attached hydrogens (tertiary/aromatic N) is 1. The van der Waals surface area contributed by atoms with Crippen molar-refractivity contribution in [3.8, 4) is 11.5 Å². The highest BCUT2D eigenvalue weighted by molar-refractivity contribution is 6.07. The molecule has 0 unspecified atom stereocenters. The molecule has 2 aromatic carbocycles. The molecule has 0 saturated carbocycles.